The third-order valence-corrected chi connectivity index (χ3v) is 3.00. The lowest BCUT2D eigenvalue weighted by molar-refractivity contribution is 0.0994. The first-order valence-corrected chi connectivity index (χ1v) is 4.61. The van der Waals surface area contributed by atoms with Gasteiger partial charge in [0.1, 0.15) is 0 Å². The Labute approximate surface area is 71.2 Å². The van der Waals surface area contributed by atoms with Crippen LogP contribution >= 0.6 is 0 Å². The summed E-state index contributed by atoms with van der Waals surface area (Å²) in [5.41, 5.74) is 3.71. The molecule has 2 aliphatic rings. The molecule has 0 saturated carbocycles. The van der Waals surface area contributed by atoms with Crippen molar-refractivity contribution < 1.29 is 4.79 Å². The zero-order valence-electron chi connectivity index (χ0n) is 6.97. The van der Waals surface area contributed by atoms with Gasteiger partial charge in [-0.1, -0.05) is 0 Å². The second-order valence-corrected chi connectivity index (χ2v) is 3.67. The average Bonchev–Trinajstić information content (AvgIpc) is 2.63. The predicted molar refractivity (Wildman–Crippen MR) is 45.4 cm³/mol. The number of aromatic nitrogens is 1. The molecule has 12 heavy (non-hydrogen) atoms. The SMILES string of the molecule is O=C1CCc2c1cc1n2CCC1. The molecule has 62 valence electrons. The van der Waals surface area contributed by atoms with Crippen molar-refractivity contribution in [3.8, 4) is 0 Å². The van der Waals surface area contributed by atoms with Gasteiger partial charge in [0.2, 0.25) is 0 Å². The molecule has 2 heteroatoms. The van der Waals surface area contributed by atoms with Crippen LogP contribution in [-0.2, 0) is 19.4 Å². The molecule has 2 heterocycles. The maximum absolute atomic E-state index is 11.4. The fraction of sp³-hybridized carbons (Fsp3) is 0.500. The topological polar surface area (TPSA) is 22.0 Å². The van der Waals surface area contributed by atoms with E-state index in [-0.39, 0.29) is 0 Å². The van der Waals surface area contributed by atoms with Crippen LogP contribution in [0.2, 0.25) is 0 Å². The zero-order chi connectivity index (χ0) is 8.13. The van der Waals surface area contributed by atoms with E-state index in [1.807, 2.05) is 0 Å². The summed E-state index contributed by atoms with van der Waals surface area (Å²) in [4.78, 5) is 11.4. The monoisotopic (exact) mass is 161 g/mol. The van der Waals surface area contributed by atoms with Crippen LogP contribution < -0.4 is 0 Å². The molecule has 0 saturated heterocycles. The maximum atomic E-state index is 11.4. The van der Waals surface area contributed by atoms with Gasteiger partial charge >= 0.3 is 0 Å². The molecule has 1 aliphatic heterocycles. The van der Waals surface area contributed by atoms with Crippen LogP contribution in [0.5, 0.6) is 0 Å². The van der Waals surface area contributed by atoms with Gasteiger partial charge in [0.15, 0.2) is 5.78 Å². The van der Waals surface area contributed by atoms with E-state index in [1.54, 1.807) is 0 Å². The minimum atomic E-state index is 0.354. The van der Waals surface area contributed by atoms with E-state index in [2.05, 4.69) is 10.6 Å². The van der Waals surface area contributed by atoms with Crippen molar-refractivity contribution in [1.29, 1.82) is 0 Å². The number of hydrogen-bond donors (Lipinski definition) is 0. The van der Waals surface area contributed by atoms with Crippen molar-refractivity contribution in [2.45, 2.75) is 32.2 Å². The van der Waals surface area contributed by atoms with Gasteiger partial charge in [0.25, 0.3) is 0 Å². The number of fused-ring (bicyclic) bond motifs is 3. The molecule has 0 atom stereocenters. The Morgan fingerprint density at radius 1 is 1.25 bits per heavy atom. The molecule has 3 rings (SSSR count). The second kappa shape index (κ2) is 2.00. The van der Waals surface area contributed by atoms with Crippen molar-refractivity contribution >= 4 is 5.78 Å². The number of hydrogen-bond acceptors (Lipinski definition) is 1. The molecule has 1 aromatic heterocycles. The average molecular weight is 161 g/mol. The van der Waals surface area contributed by atoms with E-state index in [9.17, 15) is 4.79 Å². The highest BCUT2D eigenvalue weighted by Gasteiger charge is 2.27. The Balaban J connectivity index is 2.24. The smallest absolute Gasteiger partial charge is 0.165 e. The van der Waals surface area contributed by atoms with Gasteiger partial charge in [0, 0.05) is 29.9 Å². The van der Waals surface area contributed by atoms with Gasteiger partial charge in [-0.05, 0) is 25.3 Å². The number of aryl methyl sites for hydroxylation is 1. The molecule has 2 nitrogen and oxygen atoms in total. The van der Waals surface area contributed by atoms with Crippen LogP contribution in [0.3, 0.4) is 0 Å². The minimum absolute atomic E-state index is 0.354. The molecule has 0 radical (unpaired) electrons. The van der Waals surface area contributed by atoms with E-state index in [0.717, 1.165) is 24.9 Å². The van der Waals surface area contributed by atoms with Crippen molar-refractivity contribution in [2.75, 3.05) is 0 Å². The molecule has 0 unspecified atom stereocenters. The normalized spacial score (nSPS) is 19.8. The zero-order valence-corrected chi connectivity index (χ0v) is 6.97. The minimum Gasteiger partial charge on any atom is -0.348 e. The highest BCUT2D eigenvalue weighted by atomic mass is 16.1. The third-order valence-electron chi connectivity index (χ3n) is 3.00. The second-order valence-electron chi connectivity index (χ2n) is 3.67. The van der Waals surface area contributed by atoms with Gasteiger partial charge in [-0.25, -0.2) is 0 Å². The summed E-state index contributed by atoms with van der Waals surface area (Å²) < 4.78 is 2.35. The molecule has 0 bridgehead atoms. The number of ketones is 1. The molecule has 0 amide bonds. The van der Waals surface area contributed by atoms with E-state index >= 15 is 0 Å². The summed E-state index contributed by atoms with van der Waals surface area (Å²) in [5.74, 6) is 0.354. The summed E-state index contributed by atoms with van der Waals surface area (Å²) in [6, 6.07) is 2.11. The highest BCUT2D eigenvalue weighted by Crippen LogP contribution is 2.29. The highest BCUT2D eigenvalue weighted by molar-refractivity contribution is 6.00. The fourth-order valence-electron chi connectivity index (χ4n) is 2.43. The van der Waals surface area contributed by atoms with E-state index < -0.39 is 0 Å². The molecule has 1 aromatic rings. The van der Waals surface area contributed by atoms with Crippen molar-refractivity contribution in [3.63, 3.8) is 0 Å². The summed E-state index contributed by atoms with van der Waals surface area (Å²) in [6.07, 6.45) is 4.15. The predicted octanol–water partition coefficient (Wildman–Crippen LogP) is 1.56. The summed E-state index contributed by atoms with van der Waals surface area (Å²) in [6.45, 7) is 1.14. The maximum Gasteiger partial charge on any atom is 0.165 e. The molecular formula is C10H11NO. The van der Waals surface area contributed by atoms with Crippen molar-refractivity contribution in [3.05, 3.63) is 23.0 Å². The van der Waals surface area contributed by atoms with Crippen LogP contribution in [0.4, 0.5) is 0 Å². The fourth-order valence-corrected chi connectivity index (χ4v) is 2.43. The van der Waals surface area contributed by atoms with Crippen molar-refractivity contribution in [2.24, 2.45) is 0 Å². The Morgan fingerprint density at radius 2 is 2.17 bits per heavy atom. The molecule has 0 aromatic carbocycles. The lowest BCUT2D eigenvalue weighted by Gasteiger charge is -2.00. The van der Waals surface area contributed by atoms with Crippen LogP contribution in [-0.4, -0.2) is 10.4 Å². The Hall–Kier alpha value is -1.05. The van der Waals surface area contributed by atoms with Gasteiger partial charge in [0.05, 0.1) is 0 Å². The van der Waals surface area contributed by atoms with Crippen LogP contribution in [0.1, 0.15) is 34.6 Å². The Morgan fingerprint density at radius 3 is 3.08 bits per heavy atom. The first-order chi connectivity index (χ1) is 5.86. The van der Waals surface area contributed by atoms with Gasteiger partial charge < -0.3 is 4.57 Å². The summed E-state index contributed by atoms with van der Waals surface area (Å²) in [7, 11) is 0. The number of carbonyl (C=O) groups is 1. The quantitative estimate of drug-likeness (QED) is 0.566. The molecule has 0 spiro atoms. The number of rotatable bonds is 0. The number of carbonyl (C=O) groups excluding carboxylic acids is 1. The Kier molecular flexibility index (Phi) is 1.08. The number of Topliss-reactive ketones (excluding diaryl/α,β-unsaturated/α-hetero) is 1. The van der Waals surface area contributed by atoms with E-state index in [1.165, 1.54) is 24.2 Å². The standard InChI is InChI=1S/C10H11NO/c12-10-4-3-9-8(10)6-7-2-1-5-11(7)9/h6H,1-5H2. The molecule has 1 aliphatic carbocycles. The van der Waals surface area contributed by atoms with E-state index in [4.69, 9.17) is 0 Å². The van der Waals surface area contributed by atoms with Crippen LogP contribution in [0, 0.1) is 0 Å². The molecular weight excluding hydrogens is 150 g/mol. The first kappa shape index (κ1) is 6.46. The lowest BCUT2D eigenvalue weighted by Crippen LogP contribution is -1.96. The van der Waals surface area contributed by atoms with Gasteiger partial charge in [-0.3, -0.25) is 4.79 Å². The molecule has 0 N–H and O–H groups in total. The summed E-state index contributed by atoms with van der Waals surface area (Å²) >= 11 is 0. The summed E-state index contributed by atoms with van der Waals surface area (Å²) in [5, 5.41) is 0. The van der Waals surface area contributed by atoms with Gasteiger partial charge in [-0.15, -0.1) is 0 Å². The molecule has 0 fully saturated rings. The first-order valence-electron chi connectivity index (χ1n) is 4.61. The van der Waals surface area contributed by atoms with E-state index in [0.29, 0.717) is 5.78 Å². The largest absolute Gasteiger partial charge is 0.348 e. The lowest BCUT2D eigenvalue weighted by atomic mass is 10.2. The Bertz CT molecular complexity index is 362. The van der Waals surface area contributed by atoms with Gasteiger partial charge in [-0.2, -0.15) is 0 Å². The third kappa shape index (κ3) is 0.631. The van der Waals surface area contributed by atoms with Crippen LogP contribution in [0.25, 0.3) is 0 Å². The number of nitrogens with zero attached hydrogens (tertiary/aromatic N) is 1. The van der Waals surface area contributed by atoms with Crippen LogP contribution in [0.15, 0.2) is 6.07 Å². The van der Waals surface area contributed by atoms with Crippen molar-refractivity contribution in [1.82, 2.24) is 4.57 Å².